The van der Waals surface area contributed by atoms with Crippen molar-refractivity contribution in [2.45, 2.75) is 24.8 Å². The Kier molecular flexibility index (Phi) is 7.21. The SMILES string of the molecule is CNC(C)CNS(=O)(=O)c1cc(C(=O)OC)oc1C.Cl. The Morgan fingerprint density at radius 3 is 2.60 bits per heavy atom. The highest BCUT2D eigenvalue weighted by molar-refractivity contribution is 7.89. The van der Waals surface area contributed by atoms with Crippen LogP contribution in [-0.4, -0.2) is 41.1 Å². The van der Waals surface area contributed by atoms with Crippen molar-refractivity contribution in [1.82, 2.24) is 10.0 Å². The Morgan fingerprint density at radius 2 is 2.10 bits per heavy atom. The van der Waals surface area contributed by atoms with Gasteiger partial charge < -0.3 is 14.5 Å². The second-order valence-corrected chi connectivity index (χ2v) is 5.80. The van der Waals surface area contributed by atoms with Crippen molar-refractivity contribution in [2.24, 2.45) is 0 Å². The van der Waals surface area contributed by atoms with E-state index in [0.717, 1.165) is 6.07 Å². The Bertz CT molecular complexity index is 555. The van der Waals surface area contributed by atoms with Gasteiger partial charge in [0, 0.05) is 18.7 Å². The first-order valence-corrected chi connectivity index (χ1v) is 7.15. The molecule has 0 bridgehead atoms. The molecule has 7 nitrogen and oxygen atoms in total. The minimum absolute atomic E-state index is 0. The molecule has 2 N–H and O–H groups in total. The molecule has 0 aromatic carbocycles. The van der Waals surface area contributed by atoms with Crippen molar-refractivity contribution in [3.05, 3.63) is 17.6 Å². The summed E-state index contributed by atoms with van der Waals surface area (Å²) < 4.78 is 36.1. The van der Waals surface area contributed by atoms with Gasteiger partial charge in [-0.05, 0) is 20.9 Å². The largest absolute Gasteiger partial charge is 0.463 e. The molecule has 0 aliphatic rings. The molecule has 0 amide bonds. The van der Waals surface area contributed by atoms with E-state index in [-0.39, 0.29) is 41.4 Å². The van der Waals surface area contributed by atoms with Crippen LogP contribution in [0.1, 0.15) is 23.2 Å². The van der Waals surface area contributed by atoms with Crippen LogP contribution in [0.5, 0.6) is 0 Å². The highest BCUT2D eigenvalue weighted by Crippen LogP contribution is 2.20. The summed E-state index contributed by atoms with van der Waals surface area (Å²) in [6.45, 7) is 3.55. The lowest BCUT2D eigenvalue weighted by molar-refractivity contribution is 0.0563. The molecule has 1 atom stereocenters. The molecule has 0 fully saturated rings. The molecular formula is C11H19ClN2O5S. The van der Waals surface area contributed by atoms with Crippen molar-refractivity contribution in [2.75, 3.05) is 20.7 Å². The maximum atomic E-state index is 12.0. The molecule has 0 saturated heterocycles. The minimum Gasteiger partial charge on any atom is -0.463 e. The number of nitrogens with one attached hydrogen (secondary N) is 2. The van der Waals surface area contributed by atoms with E-state index in [1.165, 1.54) is 14.0 Å². The van der Waals surface area contributed by atoms with E-state index in [4.69, 9.17) is 4.42 Å². The van der Waals surface area contributed by atoms with Crippen LogP contribution < -0.4 is 10.0 Å². The number of aryl methyl sites for hydroxylation is 1. The number of hydrogen-bond donors (Lipinski definition) is 2. The number of ether oxygens (including phenoxy) is 1. The van der Waals surface area contributed by atoms with E-state index in [2.05, 4.69) is 14.8 Å². The smallest absolute Gasteiger partial charge is 0.373 e. The molecule has 9 heteroatoms. The van der Waals surface area contributed by atoms with Crippen molar-refractivity contribution in [3.8, 4) is 0 Å². The Hall–Kier alpha value is -1.09. The molecular weight excluding hydrogens is 308 g/mol. The third-order valence-electron chi connectivity index (χ3n) is 2.62. The molecule has 1 aromatic heterocycles. The number of sulfonamides is 1. The predicted molar refractivity (Wildman–Crippen MR) is 75.7 cm³/mol. The first-order valence-electron chi connectivity index (χ1n) is 5.67. The van der Waals surface area contributed by atoms with E-state index in [0.29, 0.717) is 0 Å². The summed E-state index contributed by atoms with van der Waals surface area (Å²) in [5, 5.41) is 2.91. The molecule has 1 unspecified atom stereocenters. The average Bonchev–Trinajstić information content (AvgIpc) is 2.78. The maximum Gasteiger partial charge on any atom is 0.373 e. The number of carbonyl (C=O) groups is 1. The van der Waals surface area contributed by atoms with Crippen molar-refractivity contribution in [3.63, 3.8) is 0 Å². The van der Waals surface area contributed by atoms with Gasteiger partial charge in [0.2, 0.25) is 15.8 Å². The Morgan fingerprint density at radius 1 is 1.50 bits per heavy atom. The molecule has 1 aromatic rings. The zero-order valence-corrected chi connectivity index (χ0v) is 13.4. The number of hydrogen-bond acceptors (Lipinski definition) is 6. The van der Waals surface area contributed by atoms with Gasteiger partial charge in [0.25, 0.3) is 0 Å². The van der Waals surface area contributed by atoms with Gasteiger partial charge in [-0.3, -0.25) is 0 Å². The van der Waals surface area contributed by atoms with Gasteiger partial charge in [-0.2, -0.15) is 0 Å². The molecule has 0 spiro atoms. The van der Waals surface area contributed by atoms with Crippen LogP contribution in [0.3, 0.4) is 0 Å². The summed E-state index contributed by atoms with van der Waals surface area (Å²) >= 11 is 0. The third kappa shape index (κ3) is 4.48. The van der Waals surface area contributed by atoms with Crippen molar-refractivity contribution < 1.29 is 22.4 Å². The fraction of sp³-hybridized carbons (Fsp3) is 0.545. The normalized spacial score (nSPS) is 12.6. The number of rotatable bonds is 6. The molecule has 0 saturated carbocycles. The summed E-state index contributed by atoms with van der Waals surface area (Å²) in [5.41, 5.74) is 0. The third-order valence-corrected chi connectivity index (χ3v) is 4.15. The van der Waals surface area contributed by atoms with Crippen LogP contribution in [0.15, 0.2) is 15.4 Å². The molecule has 116 valence electrons. The van der Waals surface area contributed by atoms with Crippen molar-refractivity contribution >= 4 is 28.4 Å². The zero-order valence-electron chi connectivity index (χ0n) is 11.7. The van der Waals surface area contributed by atoms with Gasteiger partial charge in [0.15, 0.2) is 0 Å². The second kappa shape index (κ2) is 7.63. The number of halogens is 1. The molecule has 0 radical (unpaired) electrons. The van der Waals surface area contributed by atoms with E-state index in [1.54, 1.807) is 7.05 Å². The quantitative estimate of drug-likeness (QED) is 0.746. The highest BCUT2D eigenvalue weighted by Gasteiger charge is 2.24. The van der Waals surface area contributed by atoms with Gasteiger partial charge in [-0.25, -0.2) is 17.9 Å². The van der Waals surface area contributed by atoms with Gasteiger partial charge in [-0.15, -0.1) is 12.4 Å². The first-order chi connectivity index (χ1) is 8.81. The van der Waals surface area contributed by atoms with Gasteiger partial charge >= 0.3 is 5.97 Å². The minimum atomic E-state index is -3.71. The number of carbonyl (C=O) groups excluding carboxylic acids is 1. The summed E-state index contributed by atoms with van der Waals surface area (Å²) in [4.78, 5) is 11.2. The standard InChI is InChI=1S/C11H18N2O5S.ClH/c1-7(12-3)6-13-19(15,16)10-5-9(11(14)17-4)18-8(10)2;/h5,7,12-13H,6H2,1-4H3;1H. The first kappa shape index (κ1) is 18.9. The molecule has 20 heavy (non-hydrogen) atoms. The van der Waals surface area contributed by atoms with Crippen LogP contribution in [0.2, 0.25) is 0 Å². The maximum absolute atomic E-state index is 12.0. The monoisotopic (exact) mass is 326 g/mol. The average molecular weight is 327 g/mol. The fourth-order valence-corrected chi connectivity index (χ4v) is 2.66. The summed E-state index contributed by atoms with van der Waals surface area (Å²) in [7, 11) is -0.779. The number of likely N-dealkylation sites (N-methyl/N-ethyl adjacent to an activating group) is 1. The van der Waals surface area contributed by atoms with E-state index < -0.39 is 16.0 Å². The fourth-order valence-electron chi connectivity index (χ4n) is 1.35. The van der Waals surface area contributed by atoms with Crippen LogP contribution in [0.25, 0.3) is 0 Å². The Labute approximate surface area is 124 Å². The summed E-state index contributed by atoms with van der Waals surface area (Å²) in [5.74, 6) is -0.708. The van der Waals surface area contributed by atoms with Gasteiger partial charge in [0.1, 0.15) is 10.7 Å². The van der Waals surface area contributed by atoms with E-state index in [9.17, 15) is 13.2 Å². The highest BCUT2D eigenvalue weighted by atomic mass is 35.5. The van der Waals surface area contributed by atoms with Crippen LogP contribution in [0, 0.1) is 6.92 Å². The number of esters is 1. The summed E-state index contributed by atoms with van der Waals surface area (Å²) in [6, 6.07) is 1.15. The number of methoxy groups -OCH3 is 1. The van der Waals surface area contributed by atoms with E-state index in [1.807, 2.05) is 6.92 Å². The molecule has 1 heterocycles. The molecule has 1 rings (SSSR count). The van der Waals surface area contributed by atoms with Gasteiger partial charge in [0.05, 0.1) is 7.11 Å². The second-order valence-electron chi connectivity index (χ2n) is 4.06. The van der Waals surface area contributed by atoms with Gasteiger partial charge in [-0.1, -0.05) is 0 Å². The van der Waals surface area contributed by atoms with E-state index >= 15 is 0 Å². The lowest BCUT2D eigenvalue weighted by atomic mass is 10.4. The topological polar surface area (TPSA) is 97.6 Å². The van der Waals surface area contributed by atoms with Crippen molar-refractivity contribution in [1.29, 1.82) is 0 Å². The van der Waals surface area contributed by atoms with Crippen LogP contribution in [0.4, 0.5) is 0 Å². The molecule has 0 aliphatic heterocycles. The zero-order chi connectivity index (χ0) is 14.6. The predicted octanol–water partition coefficient (Wildman–Crippen LogP) is 0.683. The molecule has 0 aliphatic carbocycles. The number of furan rings is 1. The lowest BCUT2D eigenvalue weighted by Gasteiger charge is -2.11. The van der Waals surface area contributed by atoms with Crippen LogP contribution >= 0.6 is 12.4 Å². The summed E-state index contributed by atoms with van der Waals surface area (Å²) in [6.07, 6.45) is 0. The lowest BCUT2D eigenvalue weighted by Crippen LogP contribution is -2.37. The van der Waals surface area contributed by atoms with Crippen LogP contribution in [-0.2, 0) is 14.8 Å². The Balaban J connectivity index is 0.00000361.